The molecule has 2 aliphatic rings. The number of nitrogens with zero attached hydrogens (tertiary/aromatic N) is 3. The predicted molar refractivity (Wildman–Crippen MR) is 75.1 cm³/mol. The number of hydrogen-bond donors (Lipinski definition) is 1. The standard InChI is InChI=1S/C15H25N3O/c1-11(2)18-8-4-6-14(18)13-9-17-7-3-5-12(10-19)15(17)16-13/h9,11-12,14,19H,3-8,10H2,1-2H3. The molecule has 0 radical (unpaired) electrons. The topological polar surface area (TPSA) is 41.3 Å². The van der Waals surface area contributed by atoms with Crippen molar-refractivity contribution in [2.45, 2.75) is 64.1 Å². The molecule has 3 heterocycles. The first-order valence-corrected chi connectivity index (χ1v) is 7.64. The second-order valence-electron chi connectivity index (χ2n) is 6.23. The first-order chi connectivity index (χ1) is 9.20. The average Bonchev–Trinajstić information content (AvgIpc) is 3.03. The maximum absolute atomic E-state index is 9.49. The molecule has 4 nitrogen and oxygen atoms in total. The van der Waals surface area contributed by atoms with Gasteiger partial charge in [-0.15, -0.1) is 0 Å². The zero-order valence-corrected chi connectivity index (χ0v) is 12.0. The quantitative estimate of drug-likeness (QED) is 0.909. The summed E-state index contributed by atoms with van der Waals surface area (Å²) < 4.78 is 2.27. The van der Waals surface area contributed by atoms with Crippen molar-refractivity contribution < 1.29 is 5.11 Å². The molecule has 0 aromatic carbocycles. The zero-order valence-electron chi connectivity index (χ0n) is 12.0. The van der Waals surface area contributed by atoms with Gasteiger partial charge in [0.2, 0.25) is 0 Å². The van der Waals surface area contributed by atoms with E-state index in [1.54, 1.807) is 0 Å². The molecule has 3 rings (SSSR count). The minimum atomic E-state index is 0.231. The van der Waals surface area contributed by atoms with Crippen LogP contribution in [0, 0.1) is 0 Å². The van der Waals surface area contributed by atoms with Crippen molar-refractivity contribution in [2.24, 2.45) is 0 Å². The van der Waals surface area contributed by atoms with E-state index in [4.69, 9.17) is 4.98 Å². The summed E-state index contributed by atoms with van der Waals surface area (Å²) in [5, 5.41) is 9.49. The van der Waals surface area contributed by atoms with Crippen molar-refractivity contribution in [3.63, 3.8) is 0 Å². The molecule has 1 aromatic heterocycles. The van der Waals surface area contributed by atoms with Gasteiger partial charge in [0.1, 0.15) is 5.82 Å². The van der Waals surface area contributed by atoms with Gasteiger partial charge in [-0.05, 0) is 46.1 Å². The molecule has 0 amide bonds. The van der Waals surface area contributed by atoms with E-state index in [9.17, 15) is 5.11 Å². The monoisotopic (exact) mass is 263 g/mol. The molecular formula is C15H25N3O. The maximum atomic E-state index is 9.49. The van der Waals surface area contributed by atoms with Crippen LogP contribution in [0.4, 0.5) is 0 Å². The molecule has 106 valence electrons. The summed E-state index contributed by atoms with van der Waals surface area (Å²) in [6.45, 7) is 7.02. The number of hydrogen-bond acceptors (Lipinski definition) is 3. The summed E-state index contributed by atoms with van der Waals surface area (Å²) >= 11 is 0. The van der Waals surface area contributed by atoms with Crippen LogP contribution in [0.15, 0.2) is 6.20 Å². The van der Waals surface area contributed by atoms with Gasteiger partial charge in [0.15, 0.2) is 0 Å². The van der Waals surface area contributed by atoms with Gasteiger partial charge >= 0.3 is 0 Å². The van der Waals surface area contributed by atoms with Crippen LogP contribution >= 0.6 is 0 Å². The first-order valence-electron chi connectivity index (χ1n) is 7.64. The average molecular weight is 263 g/mol. The van der Waals surface area contributed by atoms with E-state index in [-0.39, 0.29) is 12.5 Å². The minimum absolute atomic E-state index is 0.231. The third-order valence-corrected chi connectivity index (χ3v) is 4.66. The van der Waals surface area contributed by atoms with E-state index in [0.29, 0.717) is 12.1 Å². The fraction of sp³-hybridized carbons (Fsp3) is 0.800. The van der Waals surface area contributed by atoms with E-state index < -0.39 is 0 Å². The Kier molecular flexibility index (Phi) is 3.63. The number of aliphatic hydroxyl groups excluding tert-OH is 1. The van der Waals surface area contributed by atoms with Crippen LogP contribution in [0.3, 0.4) is 0 Å². The van der Waals surface area contributed by atoms with Gasteiger partial charge in [0.05, 0.1) is 18.3 Å². The lowest BCUT2D eigenvalue weighted by atomic mass is 10.0. The molecular weight excluding hydrogens is 238 g/mol. The Morgan fingerprint density at radius 3 is 2.84 bits per heavy atom. The van der Waals surface area contributed by atoms with Gasteiger partial charge < -0.3 is 9.67 Å². The molecule has 2 atom stereocenters. The molecule has 0 bridgehead atoms. The number of imidazole rings is 1. The Hall–Kier alpha value is -0.870. The lowest BCUT2D eigenvalue weighted by Gasteiger charge is -2.26. The fourth-order valence-corrected chi connectivity index (χ4v) is 3.65. The fourth-order valence-electron chi connectivity index (χ4n) is 3.65. The van der Waals surface area contributed by atoms with E-state index in [0.717, 1.165) is 25.2 Å². The summed E-state index contributed by atoms with van der Waals surface area (Å²) in [6.07, 6.45) is 6.97. The van der Waals surface area contributed by atoms with Crippen molar-refractivity contribution >= 4 is 0 Å². The van der Waals surface area contributed by atoms with Crippen molar-refractivity contribution in [3.05, 3.63) is 17.7 Å². The number of likely N-dealkylation sites (tertiary alicyclic amines) is 1. The predicted octanol–water partition coefficient (Wildman–Crippen LogP) is 2.30. The SMILES string of the molecule is CC(C)N1CCCC1c1cn2c(n1)C(CO)CCC2. The Morgan fingerprint density at radius 1 is 1.32 bits per heavy atom. The lowest BCUT2D eigenvalue weighted by molar-refractivity contribution is 0.202. The van der Waals surface area contributed by atoms with Gasteiger partial charge in [-0.1, -0.05) is 0 Å². The Labute approximate surface area is 115 Å². The normalized spacial score (nSPS) is 28.0. The lowest BCUT2D eigenvalue weighted by Crippen LogP contribution is -2.30. The molecule has 0 aliphatic carbocycles. The second-order valence-corrected chi connectivity index (χ2v) is 6.23. The maximum Gasteiger partial charge on any atom is 0.114 e. The molecule has 4 heteroatoms. The first kappa shape index (κ1) is 13.1. The van der Waals surface area contributed by atoms with E-state index in [1.807, 2.05) is 0 Å². The number of fused-ring (bicyclic) bond motifs is 1. The number of aryl methyl sites for hydroxylation is 1. The van der Waals surface area contributed by atoms with Crippen LogP contribution in [0.1, 0.15) is 63.0 Å². The van der Waals surface area contributed by atoms with Crippen LogP contribution in [-0.2, 0) is 6.54 Å². The molecule has 1 aromatic rings. The van der Waals surface area contributed by atoms with Gasteiger partial charge in [0, 0.05) is 24.7 Å². The highest BCUT2D eigenvalue weighted by molar-refractivity contribution is 5.15. The summed E-state index contributed by atoms with van der Waals surface area (Å²) in [7, 11) is 0. The summed E-state index contributed by atoms with van der Waals surface area (Å²) in [4.78, 5) is 7.44. The van der Waals surface area contributed by atoms with Crippen molar-refractivity contribution in [3.8, 4) is 0 Å². The van der Waals surface area contributed by atoms with Gasteiger partial charge in [-0.2, -0.15) is 0 Å². The van der Waals surface area contributed by atoms with Crippen molar-refractivity contribution in [1.82, 2.24) is 14.5 Å². The largest absolute Gasteiger partial charge is 0.396 e. The molecule has 0 spiro atoms. The Balaban J connectivity index is 1.88. The molecule has 2 aliphatic heterocycles. The van der Waals surface area contributed by atoms with Crippen LogP contribution in [0.5, 0.6) is 0 Å². The highest BCUT2D eigenvalue weighted by Crippen LogP contribution is 2.35. The zero-order chi connectivity index (χ0) is 13.4. The molecule has 1 fully saturated rings. The molecule has 0 saturated carbocycles. The van der Waals surface area contributed by atoms with Crippen LogP contribution in [0.2, 0.25) is 0 Å². The minimum Gasteiger partial charge on any atom is -0.396 e. The number of aromatic nitrogens is 2. The van der Waals surface area contributed by atoms with E-state index in [2.05, 4.69) is 29.5 Å². The van der Waals surface area contributed by atoms with Gasteiger partial charge in [-0.3, -0.25) is 4.90 Å². The number of aliphatic hydroxyl groups is 1. The van der Waals surface area contributed by atoms with Crippen molar-refractivity contribution in [1.29, 1.82) is 0 Å². The summed E-state index contributed by atoms with van der Waals surface area (Å²) in [5.41, 5.74) is 1.22. The van der Waals surface area contributed by atoms with Crippen molar-refractivity contribution in [2.75, 3.05) is 13.2 Å². The second kappa shape index (κ2) is 5.25. The van der Waals surface area contributed by atoms with Crippen LogP contribution < -0.4 is 0 Å². The third kappa shape index (κ3) is 2.32. The molecule has 1 N–H and O–H groups in total. The highest BCUT2D eigenvalue weighted by atomic mass is 16.3. The number of rotatable bonds is 3. The van der Waals surface area contributed by atoms with Gasteiger partial charge in [0.25, 0.3) is 0 Å². The van der Waals surface area contributed by atoms with Crippen LogP contribution in [0.25, 0.3) is 0 Å². The van der Waals surface area contributed by atoms with E-state index in [1.165, 1.54) is 25.1 Å². The van der Waals surface area contributed by atoms with E-state index >= 15 is 0 Å². The summed E-state index contributed by atoms with van der Waals surface area (Å²) in [6, 6.07) is 1.07. The highest BCUT2D eigenvalue weighted by Gasteiger charge is 2.31. The molecule has 19 heavy (non-hydrogen) atoms. The Morgan fingerprint density at radius 2 is 2.11 bits per heavy atom. The molecule has 1 saturated heterocycles. The molecule has 2 unspecified atom stereocenters. The summed E-state index contributed by atoms with van der Waals surface area (Å²) in [5.74, 6) is 1.36. The smallest absolute Gasteiger partial charge is 0.114 e. The van der Waals surface area contributed by atoms with Crippen LogP contribution in [-0.4, -0.2) is 38.8 Å². The van der Waals surface area contributed by atoms with Gasteiger partial charge in [-0.25, -0.2) is 4.98 Å². The Bertz CT molecular complexity index is 441. The third-order valence-electron chi connectivity index (χ3n) is 4.66.